The quantitative estimate of drug-likeness (QED) is 0.661. The predicted molar refractivity (Wildman–Crippen MR) is 48.9 cm³/mol. The van der Waals surface area contributed by atoms with E-state index in [9.17, 15) is 4.39 Å². The molecule has 4 heteroatoms. The van der Waals surface area contributed by atoms with Gasteiger partial charge in [-0.3, -0.25) is 0 Å². The van der Waals surface area contributed by atoms with Gasteiger partial charge in [0.2, 0.25) is 0 Å². The first-order valence-electron chi connectivity index (χ1n) is 2.37. The van der Waals surface area contributed by atoms with Gasteiger partial charge in [-0.15, -0.1) is 0 Å². The summed E-state index contributed by atoms with van der Waals surface area (Å²) in [5.41, 5.74) is 0. The highest BCUT2D eigenvalue weighted by molar-refractivity contribution is 9.10. The van der Waals surface area contributed by atoms with Gasteiger partial charge in [0.1, 0.15) is 5.82 Å². The lowest BCUT2D eigenvalue weighted by molar-refractivity contribution is 0.627. The summed E-state index contributed by atoms with van der Waals surface area (Å²) in [6.45, 7) is 0. The lowest BCUT2D eigenvalue weighted by Crippen LogP contribution is -1.68. The summed E-state index contributed by atoms with van der Waals surface area (Å²) in [6, 6.07) is 6.26. The number of halogens is 3. The molecule has 0 N–H and O–H groups in total. The molecule has 1 rings (SSSR count). The van der Waals surface area contributed by atoms with Crippen molar-refractivity contribution in [2.24, 2.45) is 0 Å². The molecule has 0 aliphatic carbocycles. The van der Waals surface area contributed by atoms with Crippen molar-refractivity contribution in [1.29, 1.82) is 0 Å². The van der Waals surface area contributed by atoms with Crippen LogP contribution in [0.15, 0.2) is 28.7 Å². The van der Waals surface area contributed by atoms with Crippen molar-refractivity contribution in [3.05, 3.63) is 34.6 Å². The molecule has 0 aromatic heterocycles. The van der Waals surface area contributed by atoms with Crippen LogP contribution in [0.2, 0.25) is 0 Å². The molecule has 0 bridgehead atoms. The molecule has 0 saturated heterocycles. The predicted octanol–water partition coefficient (Wildman–Crippen LogP) is 3.66. The monoisotopic (exact) mass is 242 g/mol. The molecule has 0 fully saturated rings. The zero-order valence-corrected chi connectivity index (χ0v) is 8.13. The van der Waals surface area contributed by atoms with E-state index < -0.39 is 0 Å². The van der Waals surface area contributed by atoms with E-state index in [-0.39, 0.29) is 5.82 Å². The largest absolute Gasteiger partial charge is 0.207 e. The van der Waals surface area contributed by atoms with Gasteiger partial charge in [0.25, 0.3) is 0 Å². The molecular weight excluding hydrogens is 238 g/mol. The van der Waals surface area contributed by atoms with Crippen LogP contribution in [0.3, 0.4) is 0 Å². The van der Waals surface area contributed by atoms with E-state index in [0.29, 0.717) is 0 Å². The molecule has 0 unspecified atom stereocenters. The fraction of sp³-hybridized carbons (Fsp3) is 0. The van der Waals surface area contributed by atoms with Crippen LogP contribution in [-0.2, 0) is 0 Å². The van der Waals surface area contributed by atoms with Crippen LogP contribution in [0.4, 0.5) is 4.39 Å². The van der Waals surface area contributed by atoms with Crippen LogP contribution >= 0.6 is 38.5 Å². The van der Waals surface area contributed by atoms with E-state index >= 15 is 0 Å². The van der Waals surface area contributed by atoms with Gasteiger partial charge in [-0.2, -0.15) is 0 Å². The Labute approximate surface area is 77.4 Å². The molecule has 0 aliphatic heterocycles. The molecule has 0 radical (unpaired) electrons. The fourth-order valence-corrected chi connectivity index (χ4v) is 0.831. The minimum absolute atomic E-state index is 0.209. The van der Waals surface area contributed by atoms with Crippen LogP contribution < -0.4 is 0 Å². The van der Waals surface area contributed by atoms with E-state index in [0.717, 1.165) is 4.47 Å². The van der Waals surface area contributed by atoms with Gasteiger partial charge in [-0.1, -0.05) is 33.8 Å². The summed E-state index contributed by atoms with van der Waals surface area (Å²) < 4.78 is 12.9. The average molecular weight is 244 g/mol. The van der Waals surface area contributed by atoms with Crippen molar-refractivity contribution < 1.29 is 4.39 Å². The van der Waals surface area contributed by atoms with E-state index in [1.165, 1.54) is 12.1 Å². The molecule has 0 atom stereocenters. The summed E-state index contributed by atoms with van der Waals surface area (Å²) in [6.07, 6.45) is 0. The summed E-state index contributed by atoms with van der Waals surface area (Å²) in [4.78, 5) is 0. The first-order valence-corrected chi connectivity index (χ1v) is 4.51. The molecule has 0 aliphatic rings. The number of benzene rings is 1. The van der Waals surface area contributed by atoms with Gasteiger partial charge in [-0.25, -0.2) is 4.39 Å². The first-order chi connectivity index (χ1) is 4.79. The summed E-state index contributed by atoms with van der Waals surface area (Å²) >= 11 is 6.12. The molecule has 1 aromatic carbocycles. The van der Waals surface area contributed by atoms with Gasteiger partial charge >= 0.3 is 0 Å². The van der Waals surface area contributed by atoms with E-state index in [1.807, 2.05) is 0 Å². The number of rotatable bonds is 0. The van der Waals surface area contributed by atoms with Crippen molar-refractivity contribution in [3.8, 4) is 0 Å². The highest BCUT2D eigenvalue weighted by Gasteiger charge is 1.86. The first kappa shape index (κ1) is 10.3. The highest BCUT2D eigenvalue weighted by atomic mass is 79.9. The second-order valence-corrected chi connectivity index (χ2v) is 2.36. The smallest absolute Gasteiger partial charge is 0.124 e. The Balaban J connectivity index is 0.000000371. The maximum atomic E-state index is 12.1. The molecule has 0 saturated carbocycles. The average Bonchev–Trinajstić information content (AvgIpc) is 1.91. The van der Waals surface area contributed by atoms with Gasteiger partial charge in [-0.05, 0) is 28.9 Å². The second-order valence-electron chi connectivity index (χ2n) is 1.44. The number of thiol groups is 1. The van der Waals surface area contributed by atoms with Crippen molar-refractivity contribution in [2.45, 2.75) is 0 Å². The molecule has 0 amide bonds. The zero-order valence-electron chi connectivity index (χ0n) is 4.89. The van der Waals surface area contributed by atoms with Gasteiger partial charge in [0.05, 0.1) is 0 Å². The molecule has 10 heavy (non-hydrogen) atoms. The van der Waals surface area contributed by atoms with Crippen LogP contribution in [0.5, 0.6) is 0 Å². The summed E-state index contributed by atoms with van der Waals surface area (Å²) in [7, 11) is 4.33. The summed E-state index contributed by atoms with van der Waals surface area (Å²) in [5.74, 6) is -0.209. The van der Waals surface area contributed by atoms with Gasteiger partial charge in [0, 0.05) is 4.47 Å². The maximum Gasteiger partial charge on any atom is 0.124 e. The van der Waals surface area contributed by atoms with Crippen LogP contribution in [0.1, 0.15) is 0 Å². The van der Waals surface area contributed by atoms with Gasteiger partial charge in [0.15, 0.2) is 0 Å². The standard InChI is InChI=1S/C6H4BrF.ClHS/c7-5-2-1-3-6(8)4-5;1-2/h1-4H;2H. The third-order valence-corrected chi connectivity index (χ3v) is 1.28. The third-order valence-electron chi connectivity index (χ3n) is 0.787. The Bertz CT molecular complexity index is 178. The second kappa shape index (κ2) is 6.01. The number of hydrogen-bond donors (Lipinski definition) is 1. The summed E-state index contributed by atoms with van der Waals surface area (Å²) in [5, 5.41) is 0. The number of hydrogen-bond acceptors (Lipinski definition) is 1. The normalized spacial score (nSPS) is 8.00. The Kier molecular flexibility index (Phi) is 6.17. The fourth-order valence-electron chi connectivity index (χ4n) is 0.460. The Morgan fingerprint density at radius 2 is 2.00 bits per heavy atom. The third kappa shape index (κ3) is 4.14. The van der Waals surface area contributed by atoms with Crippen molar-refractivity contribution >= 4 is 38.5 Å². The molecule has 0 nitrogen and oxygen atoms in total. The maximum absolute atomic E-state index is 12.1. The Morgan fingerprint density at radius 3 is 2.30 bits per heavy atom. The Morgan fingerprint density at radius 1 is 1.40 bits per heavy atom. The Hall–Kier alpha value is 0.270. The van der Waals surface area contributed by atoms with E-state index in [2.05, 4.69) is 38.5 Å². The lowest BCUT2D eigenvalue weighted by atomic mass is 10.4. The lowest BCUT2D eigenvalue weighted by Gasteiger charge is -1.85. The molecule has 1 aromatic rings. The SMILES string of the molecule is Fc1cccc(Br)c1.SCl. The van der Waals surface area contributed by atoms with Crippen LogP contribution in [-0.4, -0.2) is 0 Å². The molecular formula is C6H5BrClFS. The van der Waals surface area contributed by atoms with Crippen molar-refractivity contribution in [3.63, 3.8) is 0 Å². The minimum Gasteiger partial charge on any atom is -0.207 e. The van der Waals surface area contributed by atoms with Crippen LogP contribution in [0, 0.1) is 5.82 Å². The molecule has 0 heterocycles. The highest BCUT2D eigenvalue weighted by Crippen LogP contribution is 2.09. The van der Waals surface area contributed by atoms with Crippen LogP contribution in [0.25, 0.3) is 0 Å². The van der Waals surface area contributed by atoms with E-state index in [1.54, 1.807) is 12.1 Å². The zero-order chi connectivity index (χ0) is 7.98. The minimum atomic E-state index is -0.209. The molecule has 56 valence electrons. The van der Waals surface area contributed by atoms with Crippen molar-refractivity contribution in [1.82, 2.24) is 0 Å². The van der Waals surface area contributed by atoms with E-state index in [4.69, 9.17) is 0 Å². The van der Waals surface area contributed by atoms with Crippen molar-refractivity contribution in [2.75, 3.05) is 0 Å². The molecule has 0 spiro atoms. The van der Waals surface area contributed by atoms with Gasteiger partial charge < -0.3 is 0 Å². The topological polar surface area (TPSA) is 0 Å².